The third kappa shape index (κ3) is 5.89. The number of rotatable bonds is 8. The Hall–Kier alpha value is -2.69. The van der Waals surface area contributed by atoms with Crippen LogP contribution in [0.25, 0.3) is 0 Å². The van der Waals surface area contributed by atoms with Crippen molar-refractivity contribution in [1.82, 2.24) is 0 Å². The maximum absolute atomic E-state index is 11.7. The molecular weight excluding hydrogens is 409 g/mol. The number of benzene rings is 3. The fourth-order valence-electron chi connectivity index (χ4n) is 2.67. The number of carbonyl (C=O) groups is 1. The van der Waals surface area contributed by atoms with E-state index in [1.54, 1.807) is 37.3 Å². The molecule has 3 aromatic carbocycles. The second-order valence-corrected chi connectivity index (χ2v) is 7.10. The minimum Gasteiger partial charge on any atom is -0.489 e. The molecule has 1 N–H and O–H groups in total. The van der Waals surface area contributed by atoms with Gasteiger partial charge in [0.15, 0.2) is 0 Å². The predicted molar refractivity (Wildman–Crippen MR) is 117 cm³/mol. The van der Waals surface area contributed by atoms with Crippen molar-refractivity contribution < 1.29 is 14.3 Å². The summed E-state index contributed by atoms with van der Waals surface area (Å²) in [5.74, 6) is 0.427. The number of carbonyl (C=O) groups excluding carboxylic acids is 1. The minimum atomic E-state index is -0.312. The third-order valence-electron chi connectivity index (χ3n) is 4.26. The Morgan fingerprint density at radius 2 is 1.59 bits per heavy atom. The van der Waals surface area contributed by atoms with Gasteiger partial charge in [-0.1, -0.05) is 41.4 Å². The van der Waals surface area contributed by atoms with Gasteiger partial charge in [-0.3, -0.25) is 0 Å². The Balaban J connectivity index is 1.52. The number of ether oxygens (including phenoxy) is 2. The highest BCUT2D eigenvalue weighted by molar-refractivity contribution is 6.35. The molecule has 0 spiro atoms. The minimum absolute atomic E-state index is 0.308. The van der Waals surface area contributed by atoms with Crippen LogP contribution in [0.15, 0.2) is 66.7 Å². The second-order valence-electron chi connectivity index (χ2n) is 6.28. The molecule has 0 heterocycles. The monoisotopic (exact) mass is 429 g/mol. The van der Waals surface area contributed by atoms with E-state index in [1.165, 1.54) is 0 Å². The van der Waals surface area contributed by atoms with Crippen LogP contribution in [0.4, 0.5) is 5.69 Å². The molecule has 0 aromatic heterocycles. The maximum atomic E-state index is 11.7. The lowest BCUT2D eigenvalue weighted by Crippen LogP contribution is -2.05. The first-order valence-electron chi connectivity index (χ1n) is 9.22. The average molecular weight is 430 g/mol. The Labute approximate surface area is 180 Å². The predicted octanol–water partition coefficient (Wildman–Crippen LogP) is 6.36. The van der Waals surface area contributed by atoms with E-state index in [9.17, 15) is 4.79 Å². The first-order valence-corrected chi connectivity index (χ1v) is 9.98. The molecule has 29 heavy (non-hydrogen) atoms. The molecule has 6 heteroatoms. The Bertz CT molecular complexity index is 937. The van der Waals surface area contributed by atoms with Gasteiger partial charge in [-0.25, -0.2) is 4.79 Å². The van der Waals surface area contributed by atoms with Crippen LogP contribution in [0.3, 0.4) is 0 Å². The van der Waals surface area contributed by atoms with Crippen molar-refractivity contribution in [2.75, 3.05) is 11.9 Å². The SMILES string of the molecule is CCOC(=O)c1ccc(NCc2ccc(OCc3c(Cl)cccc3Cl)cc2)cc1. The molecule has 0 aliphatic heterocycles. The van der Waals surface area contributed by atoms with Gasteiger partial charge in [0.1, 0.15) is 12.4 Å². The van der Waals surface area contributed by atoms with Crippen LogP contribution < -0.4 is 10.1 Å². The van der Waals surface area contributed by atoms with Gasteiger partial charge in [0, 0.05) is 27.8 Å². The van der Waals surface area contributed by atoms with Gasteiger partial charge in [-0.05, 0) is 61.0 Å². The topological polar surface area (TPSA) is 47.6 Å². The highest BCUT2D eigenvalue weighted by atomic mass is 35.5. The summed E-state index contributed by atoms with van der Waals surface area (Å²) in [7, 11) is 0. The van der Waals surface area contributed by atoms with Crippen LogP contribution in [0.5, 0.6) is 5.75 Å². The number of halogens is 2. The van der Waals surface area contributed by atoms with Crippen LogP contribution in [0, 0.1) is 0 Å². The molecule has 0 saturated carbocycles. The van der Waals surface area contributed by atoms with E-state index in [-0.39, 0.29) is 5.97 Å². The van der Waals surface area contributed by atoms with Crippen LogP contribution >= 0.6 is 23.2 Å². The van der Waals surface area contributed by atoms with Crippen molar-refractivity contribution in [2.45, 2.75) is 20.1 Å². The number of esters is 1. The Morgan fingerprint density at radius 3 is 2.21 bits per heavy atom. The molecule has 0 aliphatic carbocycles. The summed E-state index contributed by atoms with van der Waals surface area (Å²) in [5, 5.41) is 4.50. The van der Waals surface area contributed by atoms with Crippen molar-refractivity contribution in [1.29, 1.82) is 0 Å². The number of hydrogen-bond acceptors (Lipinski definition) is 4. The van der Waals surface area contributed by atoms with E-state index in [1.807, 2.05) is 36.4 Å². The number of hydrogen-bond donors (Lipinski definition) is 1. The van der Waals surface area contributed by atoms with Gasteiger partial charge in [0.05, 0.1) is 12.2 Å². The van der Waals surface area contributed by atoms with Crippen LogP contribution in [0.2, 0.25) is 10.0 Å². The second kappa shape index (κ2) is 10.2. The first kappa shape index (κ1) is 21.0. The summed E-state index contributed by atoms with van der Waals surface area (Å²) in [5.41, 5.74) is 3.33. The number of anilines is 1. The van der Waals surface area contributed by atoms with Gasteiger partial charge in [0.2, 0.25) is 0 Å². The quantitative estimate of drug-likeness (QED) is 0.423. The molecule has 0 fully saturated rings. The first-order chi connectivity index (χ1) is 14.1. The average Bonchev–Trinajstić information content (AvgIpc) is 2.73. The summed E-state index contributed by atoms with van der Waals surface area (Å²) in [6.07, 6.45) is 0. The molecular formula is C23H21Cl2NO3. The molecule has 0 bridgehead atoms. The van der Waals surface area contributed by atoms with Gasteiger partial charge >= 0.3 is 5.97 Å². The summed E-state index contributed by atoms with van der Waals surface area (Å²) in [6, 6.07) is 20.4. The fourth-order valence-corrected chi connectivity index (χ4v) is 3.18. The van der Waals surface area contributed by atoms with Crippen molar-refractivity contribution in [3.05, 3.63) is 93.5 Å². The maximum Gasteiger partial charge on any atom is 0.338 e. The van der Waals surface area contributed by atoms with Crippen molar-refractivity contribution in [3.8, 4) is 5.75 Å². The highest BCUT2D eigenvalue weighted by Crippen LogP contribution is 2.26. The van der Waals surface area contributed by atoms with E-state index >= 15 is 0 Å². The van der Waals surface area contributed by atoms with E-state index in [2.05, 4.69) is 5.32 Å². The molecule has 0 unspecified atom stereocenters. The van der Waals surface area contributed by atoms with Crippen molar-refractivity contribution in [2.24, 2.45) is 0 Å². The van der Waals surface area contributed by atoms with E-state index in [0.717, 1.165) is 22.6 Å². The van der Waals surface area contributed by atoms with Gasteiger partial charge in [0.25, 0.3) is 0 Å². The van der Waals surface area contributed by atoms with E-state index < -0.39 is 0 Å². The number of nitrogens with one attached hydrogen (secondary N) is 1. The van der Waals surface area contributed by atoms with Crippen molar-refractivity contribution in [3.63, 3.8) is 0 Å². The standard InChI is InChI=1S/C23H21Cl2NO3/c1-2-28-23(27)17-8-10-18(11-9-17)26-14-16-6-12-19(13-7-16)29-15-20-21(24)4-3-5-22(20)25/h3-13,26H,2,14-15H2,1H3. The normalized spacial score (nSPS) is 10.4. The van der Waals surface area contributed by atoms with E-state index in [0.29, 0.717) is 35.4 Å². The van der Waals surface area contributed by atoms with Crippen molar-refractivity contribution >= 4 is 34.9 Å². The van der Waals surface area contributed by atoms with Gasteiger partial charge in [-0.15, -0.1) is 0 Å². The molecule has 150 valence electrons. The molecule has 0 saturated heterocycles. The molecule has 3 rings (SSSR count). The Morgan fingerprint density at radius 1 is 0.931 bits per heavy atom. The lowest BCUT2D eigenvalue weighted by atomic mass is 10.2. The van der Waals surface area contributed by atoms with Crippen LogP contribution in [0.1, 0.15) is 28.4 Å². The van der Waals surface area contributed by atoms with Crippen LogP contribution in [-0.2, 0) is 17.9 Å². The van der Waals surface area contributed by atoms with Crippen LogP contribution in [-0.4, -0.2) is 12.6 Å². The lowest BCUT2D eigenvalue weighted by Gasteiger charge is -2.11. The molecule has 0 atom stereocenters. The third-order valence-corrected chi connectivity index (χ3v) is 4.97. The zero-order valence-electron chi connectivity index (χ0n) is 16.0. The van der Waals surface area contributed by atoms with Gasteiger partial charge in [-0.2, -0.15) is 0 Å². The highest BCUT2D eigenvalue weighted by Gasteiger charge is 2.07. The summed E-state index contributed by atoms with van der Waals surface area (Å²) >= 11 is 12.3. The summed E-state index contributed by atoms with van der Waals surface area (Å²) in [6.45, 7) is 3.11. The zero-order chi connectivity index (χ0) is 20.6. The molecule has 0 radical (unpaired) electrons. The Kier molecular flexibility index (Phi) is 7.39. The summed E-state index contributed by atoms with van der Waals surface area (Å²) < 4.78 is 10.8. The molecule has 3 aromatic rings. The molecule has 4 nitrogen and oxygen atoms in total. The molecule has 0 aliphatic rings. The largest absolute Gasteiger partial charge is 0.489 e. The van der Waals surface area contributed by atoms with E-state index in [4.69, 9.17) is 32.7 Å². The molecule has 0 amide bonds. The summed E-state index contributed by atoms with van der Waals surface area (Å²) in [4.78, 5) is 11.7. The van der Waals surface area contributed by atoms with Gasteiger partial charge < -0.3 is 14.8 Å². The fraction of sp³-hybridized carbons (Fsp3) is 0.174. The zero-order valence-corrected chi connectivity index (χ0v) is 17.5. The smallest absolute Gasteiger partial charge is 0.338 e. The lowest BCUT2D eigenvalue weighted by molar-refractivity contribution is 0.0526.